The molecule has 6 heteroatoms. The molecule has 156 valence electrons. The second-order valence-electron chi connectivity index (χ2n) is 6.33. The maximum Gasteiger partial charge on any atom is 0.406 e. The van der Waals surface area contributed by atoms with Crippen molar-refractivity contribution in [3.8, 4) is 5.75 Å². The Kier molecular flexibility index (Phi) is 14.3. The summed E-state index contributed by atoms with van der Waals surface area (Å²) in [5, 5.41) is 6.06. The van der Waals surface area contributed by atoms with Crippen LogP contribution in [-0.2, 0) is 11.3 Å². The van der Waals surface area contributed by atoms with E-state index in [0.29, 0.717) is 13.1 Å². The number of benzene rings is 1. The Balaban J connectivity index is 0.00000210. The van der Waals surface area contributed by atoms with Crippen molar-refractivity contribution >= 4 is 6.09 Å². The topological polar surface area (TPSA) is 62.8 Å². The van der Waals surface area contributed by atoms with Crippen LogP contribution in [0.5, 0.6) is 5.75 Å². The molecule has 1 rings (SSSR count). The van der Waals surface area contributed by atoms with E-state index in [1.54, 1.807) is 7.11 Å². The molecule has 0 saturated heterocycles. The van der Waals surface area contributed by atoms with Crippen molar-refractivity contribution in [2.75, 3.05) is 40.4 Å². The molecule has 0 aliphatic heterocycles. The number of nitrogens with one attached hydrogen (secondary N) is 2. The first-order valence-electron chi connectivity index (χ1n) is 9.91. The van der Waals surface area contributed by atoms with E-state index in [1.165, 1.54) is 24.7 Å². The van der Waals surface area contributed by atoms with Gasteiger partial charge in [0.15, 0.2) is 0 Å². The van der Waals surface area contributed by atoms with Gasteiger partial charge in [0, 0.05) is 31.2 Å². The van der Waals surface area contributed by atoms with Gasteiger partial charge >= 0.3 is 6.09 Å². The summed E-state index contributed by atoms with van der Waals surface area (Å²) in [4.78, 5) is 13.4. The lowest BCUT2D eigenvalue weighted by Gasteiger charge is -2.22. The largest absolute Gasteiger partial charge is 0.496 e. The zero-order valence-corrected chi connectivity index (χ0v) is 18.2. The van der Waals surface area contributed by atoms with Crippen LogP contribution in [0.3, 0.4) is 0 Å². The van der Waals surface area contributed by atoms with Gasteiger partial charge in [-0.1, -0.05) is 40.2 Å². The van der Waals surface area contributed by atoms with E-state index in [1.807, 2.05) is 6.07 Å². The zero-order valence-electron chi connectivity index (χ0n) is 18.2. The first-order chi connectivity index (χ1) is 13.0. The van der Waals surface area contributed by atoms with Crippen LogP contribution in [-0.4, -0.2) is 51.4 Å². The number of alkyl carbamates (subject to hydrolysis) is 1. The smallest absolute Gasteiger partial charge is 0.406 e. The molecule has 1 amide bonds. The van der Waals surface area contributed by atoms with Gasteiger partial charge in [-0.2, -0.15) is 0 Å². The first-order valence-corrected chi connectivity index (χ1v) is 9.91. The lowest BCUT2D eigenvalue weighted by molar-refractivity contribution is 0.171. The molecule has 6 nitrogen and oxygen atoms in total. The van der Waals surface area contributed by atoms with Crippen LogP contribution in [0.1, 0.15) is 58.2 Å². The van der Waals surface area contributed by atoms with Crippen molar-refractivity contribution in [2.45, 2.75) is 53.6 Å². The van der Waals surface area contributed by atoms with Crippen LogP contribution in [0.4, 0.5) is 4.79 Å². The van der Waals surface area contributed by atoms with Crippen LogP contribution in [0.2, 0.25) is 0 Å². The Morgan fingerprint density at radius 3 is 2.26 bits per heavy atom. The number of carbonyl (C=O) groups is 1. The van der Waals surface area contributed by atoms with E-state index in [4.69, 9.17) is 4.74 Å². The maximum absolute atomic E-state index is 11.0. The maximum atomic E-state index is 11.0. The summed E-state index contributed by atoms with van der Waals surface area (Å²) in [7, 11) is 3.07. The number of nitrogens with zero attached hydrogens (tertiary/aromatic N) is 1. The predicted molar refractivity (Wildman–Crippen MR) is 112 cm³/mol. The number of ether oxygens (including phenoxy) is 2. The Morgan fingerprint density at radius 1 is 1.11 bits per heavy atom. The Morgan fingerprint density at radius 2 is 1.74 bits per heavy atom. The molecular formula is C21H39N3O3. The number of hydrogen-bond acceptors (Lipinski definition) is 5. The van der Waals surface area contributed by atoms with Gasteiger partial charge < -0.3 is 20.1 Å². The fraction of sp³-hybridized carbons (Fsp3) is 0.667. The van der Waals surface area contributed by atoms with E-state index in [2.05, 4.69) is 67.0 Å². The molecule has 1 aromatic rings. The zero-order chi connectivity index (χ0) is 20.7. The highest BCUT2D eigenvalue weighted by Crippen LogP contribution is 2.24. The summed E-state index contributed by atoms with van der Waals surface area (Å²) in [6, 6.07) is 6.49. The third-order valence-electron chi connectivity index (χ3n) is 4.12. The fourth-order valence-corrected chi connectivity index (χ4v) is 2.52. The van der Waals surface area contributed by atoms with Gasteiger partial charge in [-0.05, 0) is 37.7 Å². The molecule has 0 saturated carbocycles. The molecule has 1 unspecified atom stereocenters. The van der Waals surface area contributed by atoms with E-state index in [0.717, 1.165) is 25.4 Å². The lowest BCUT2D eigenvalue weighted by Crippen LogP contribution is -2.32. The number of rotatable bonds is 10. The summed E-state index contributed by atoms with van der Waals surface area (Å²) in [5.41, 5.74) is 2.40. The third-order valence-corrected chi connectivity index (χ3v) is 4.12. The van der Waals surface area contributed by atoms with Crippen molar-refractivity contribution in [1.29, 1.82) is 0 Å². The monoisotopic (exact) mass is 381 g/mol. The second-order valence-corrected chi connectivity index (χ2v) is 6.33. The van der Waals surface area contributed by atoms with Crippen molar-refractivity contribution in [2.24, 2.45) is 0 Å². The second kappa shape index (κ2) is 15.3. The molecule has 0 radical (unpaired) electrons. The normalized spacial score (nSPS) is 11.4. The van der Waals surface area contributed by atoms with Crippen LogP contribution >= 0.6 is 0 Å². The minimum absolute atomic E-state index is 0.186. The van der Waals surface area contributed by atoms with E-state index in [9.17, 15) is 4.79 Å². The molecule has 0 heterocycles. The summed E-state index contributed by atoms with van der Waals surface area (Å²) in [6.07, 6.45) is 0.843. The number of carbonyl (C=O) groups excluding carboxylic acids is 1. The molecule has 27 heavy (non-hydrogen) atoms. The molecule has 0 aliphatic carbocycles. The Hall–Kier alpha value is -1.79. The molecule has 0 aliphatic rings. The summed E-state index contributed by atoms with van der Waals surface area (Å²) in [6.45, 7) is 14.8. The third kappa shape index (κ3) is 10.2. The minimum atomic E-state index is -0.407. The summed E-state index contributed by atoms with van der Waals surface area (Å²) >= 11 is 0. The van der Waals surface area contributed by atoms with Gasteiger partial charge in [-0.3, -0.25) is 4.90 Å². The van der Waals surface area contributed by atoms with Gasteiger partial charge in [-0.25, -0.2) is 4.79 Å². The van der Waals surface area contributed by atoms with Gasteiger partial charge in [0.25, 0.3) is 0 Å². The van der Waals surface area contributed by atoms with Crippen molar-refractivity contribution < 1.29 is 14.3 Å². The summed E-state index contributed by atoms with van der Waals surface area (Å²) < 4.78 is 10.0. The van der Waals surface area contributed by atoms with E-state index >= 15 is 0 Å². The SMILES string of the molecule is CCC.CCN(CC)Cc1cc(C(C)NCCNC(=O)OC)ccc1OC. The van der Waals surface area contributed by atoms with Gasteiger partial charge in [0.2, 0.25) is 0 Å². The number of amides is 1. The molecule has 2 N–H and O–H groups in total. The molecule has 0 aromatic heterocycles. The minimum Gasteiger partial charge on any atom is -0.496 e. The van der Waals surface area contributed by atoms with Gasteiger partial charge in [0.1, 0.15) is 5.75 Å². The average molecular weight is 382 g/mol. The molecule has 0 spiro atoms. The van der Waals surface area contributed by atoms with Crippen LogP contribution in [0.15, 0.2) is 18.2 Å². The Bertz CT molecular complexity index is 519. The van der Waals surface area contributed by atoms with E-state index < -0.39 is 6.09 Å². The van der Waals surface area contributed by atoms with Crippen molar-refractivity contribution in [3.63, 3.8) is 0 Å². The first kappa shape index (κ1) is 25.2. The van der Waals surface area contributed by atoms with Crippen molar-refractivity contribution in [1.82, 2.24) is 15.5 Å². The van der Waals surface area contributed by atoms with Crippen LogP contribution in [0.25, 0.3) is 0 Å². The van der Waals surface area contributed by atoms with Crippen molar-refractivity contribution in [3.05, 3.63) is 29.3 Å². The Labute approximate surface area is 165 Å². The highest BCUT2D eigenvalue weighted by Gasteiger charge is 2.11. The molecule has 0 fully saturated rings. The standard InChI is InChI=1S/C18H31N3O3.C3H8/c1-6-21(7-2)13-16-12-15(8-9-17(16)23-4)14(3)19-10-11-20-18(22)24-5;1-3-2/h8-9,12,14,19H,6-7,10-11,13H2,1-5H3,(H,20,22);3H2,1-2H3. The van der Waals surface area contributed by atoms with Crippen LogP contribution < -0.4 is 15.4 Å². The predicted octanol–water partition coefficient (Wildman–Crippen LogP) is 3.96. The van der Waals surface area contributed by atoms with E-state index in [-0.39, 0.29) is 6.04 Å². The molecule has 1 atom stereocenters. The average Bonchev–Trinajstić information content (AvgIpc) is 2.69. The lowest BCUT2D eigenvalue weighted by atomic mass is 10.0. The number of hydrogen-bond donors (Lipinski definition) is 2. The fourth-order valence-electron chi connectivity index (χ4n) is 2.52. The molecule has 1 aromatic carbocycles. The number of methoxy groups -OCH3 is 2. The summed E-state index contributed by atoms with van der Waals surface area (Å²) in [5.74, 6) is 0.921. The molecular weight excluding hydrogens is 342 g/mol. The van der Waals surface area contributed by atoms with Crippen LogP contribution in [0, 0.1) is 0 Å². The van der Waals surface area contributed by atoms with Gasteiger partial charge in [0.05, 0.1) is 14.2 Å². The van der Waals surface area contributed by atoms with Gasteiger partial charge in [-0.15, -0.1) is 0 Å². The quantitative estimate of drug-likeness (QED) is 0.601. The molecule has 0 bridgehead atoms. The highest BCUT2D eigenvalue weighted by atomic mass is 16.5. The highest BCUT2D eigenvalue weighted by molar-refractivity contribution is 5.66.